The van der Waals surface area contributed by atoms with Crippen LogP contribution in [0.15, 0.2) is 42.5 Å². The summed E-state index contributed by atoms with van der Waals surface area (Å²) in [6.45, 7) is 9.58. The topological polar surface area (TPSA) is 93.7 Å². The van der Waals surface area contributed by atoms with E-state index in [9.17, 15) is 14.4 Å². The van der Waals surface area contributed by atoms with Gasteiger partial charge < -0.3 is 20.1 Å². The predicted molar refractivity (Wildman–Crippen MR) is 143 cm³/mol. The second-order valence-electron chi connectivity index (χ2n) is 8.18. The van der Waals surface area contributed by atoms with Crippen LogP contribution in [-0.4, -0.2) is 31.0 Å². The number of amides is 2. The van der Waals surface area contributed by atoms with Gasteiger partial charge in [-0.05, 0) is 74.6 Å². The molecule has 3 rings (SSSR count). The lowest BCUT2D eigenvalue weighted by atomic mass is 10.0. The molecule has 0 unspecified atom stereocenters. The van der Waals surface area contributed by atoms with Crippen molar-refractivity contribution in [3.05, 3.63) is 75.2 Å². The Hall–Kier alpha value is -3.65. The highest BCUT2D eigenvalue weighted by Gasteiger charge is 2.22. The van der Waals surface area contributed by atoms with Gasteiger partial charge in [0.2, 0.25) is 0 Å². The summed E-state index contributed by atoms with van der Waals surface area (Å²) in [5.74, 6) is -0.608. The normalized spacial score (nSPS) is 10.6. The maximum absolute atomic E-state index is 12.8. The molecule has 2 N–H and O–H groups in total. The number of aryl methyl sites for hydroxylation is 3. The first-order valence-corrected chi connectivity index (χ1v) is 12.8. The Morgan fingerprint density at radius 3 is 2.11 bits per heavy atom. The zero-order chi connectivity index (χ0) is 26.2. The number of carbonyl (C=O) groups excluding carboxylic acids is 3. The monoisotopic (exact) mass is 508 g/mol. The minimum Gasteiger partial charge on any atom is -0.484 e. The van der Waals surface area contributed by atoms with Gasteiger partial charge in [-0.25, -0.2) is 4.79 Å². The van der Waals surface area contributed by atoms with E-state index in [-0.39, 0.29) is 19.1 Å². The van der Waals surface area contributed by atoms with Crippen molar-refractivity contribution in [2.75, 3.05) is 23.8 Å². The molecular formula is C28H32N2O5S. The molecule has 1 aromatic heterocycles. The Labute approximate surface area is 215 Å². The highest BCUT2D eigenvalue weighted by atomic mass is 32.1. The first-order valence-electron chi connectivity index (χ1n) is 12.0. The third-order valence-corrected chi connectivity index (χ3v) is 6.96. The maximum atomic E-state index is 12.8. The molecule has 3 aromatic rings. The van der Waals surface area contributed by atoms with Crippen LogP contribution in [0.1, 0.15) is 63.1 Å². The fourth-order valence-electron chi connectivity index (χ4n) is 3.77. The zero-order valence-electron chi connectivity index (χ0n) is 21.3. The van der Waals surface area contributed by atoms with Crippen molar-refractivity contribution >= 4 is 39.8 Å². The Kier molecular flexibility index (Phi) is 9.25. The molecule has 0 aliphatic rings. The van der Waals surface area contributed by atoms with Crippen LogP contribution in [0.5, 0.6) is 5.75 Å². The second-order valence-corrected chi connectivity index (χ2v) is 9.41. The summed E-state index contributed by atoms with van der Waals surface area (Å²) >= 11 is 1.32. The van der Waals surface area contributed by atoms with Crippen LogP contribution in [0, 0.1) is 13.8 Å². The van der Waals surface area contributed by atoms with Crippen LogP contribution in [0.2, 0.25) is 0 Å². The van der Waals surface area contributed by atoms with E-state index in [0.717, 1.165) is 40.1 Å². The fourth-order valence-corrected chi connectivity index (χ4v) is 4.83. The van der Waals surface area contributed by atoms with Crippen molar-refractivity contribution in [1.29, 1.82) is 0 Å². The summed E-state index contributed by atoms with van der Waals surface area (Å²) in [4.78, 5) is 38.6. The van der Waals surface area contributed by atoms with Gasteiger partial charge in [0.1, 0.15) is 10.8 Å². The number of hydrogen-bond acceptors (Lipinski definition) is 6. The largest absolute Gasteiger partial charge is 0.484 e. The van der Waals surface area contributed by atoms with E-state index in [1.807, 2.05) is 32.0 Å². The summed E-state index contributed by atoms with van der Waals surface area (Å²) in [5, 5.41) is 6.24. The molecule has 0 bridgehead atoms. The number of carbonyl (C=O) groups is 3. The van der Waals surface area contributed by atoms with E-state index in [1.54, 1.807) is 31.2 Å². The molecule has 0 aliphatic carbocycles. The van der Waals surface area contributed by atoms with Crippen LogP contribution >= 0.6 is 11.3 Å². The SMILES string of the molecule is CCOC(=O)c1c(NC(=O)COc2ccc(C(=O)Nc3c(CC)cccc3CC)cc2)sc(C)c1C. The molecule has 0 saturated carbocycles. The summed E-state index contributed by atoms with van der Waals surface area (Å²) in [7, 11) is 0. The number of anilines is 2. The molecule has 7 nitrogen and oxygen atoms in total. The summed E-state index contributed by atoms with van der Waals surface area (Å²) in [6.07, 6.45) is 1.65. The van der Waals surface area contributed by atoms with Gasteiger partial charge in [0, 0.05) is 16.1 Å². The van der Waals surface area contributed by atoms with Crippen molar-refractivity contribution in [1.82, 2.24) is 0 Å². The van der Waals surface area contributed by atoms with E-state index in [4.69, 9.17) is 9.47 Å². The molecule has 0 aliphatic heterocycles. The molecule has 0 atom stereocenters. The third kappa shape index (κ3) is 6.31. The number of thiophene rings is 1. The molecule has 0 radical (unpaired) electrons. The highest BCUT2D eigenvalue weighted by molar-refractivity contribution is 7.16. The first kappa shape index (κ1) is 26.9. The number of ether oxygens (including phenoxy) is 2. The Morgan fingerprint density at radius 1 is 0.889 bits per heavy atom. The minimum atomic E-state index is -0.461. The standard InChI is InChI=1S/C28H32N2O5S/c1-6-19-10-9-11-20(7-2)25(19)30-26(32)21-12-14-22(15-13-21)35-16-23(31)29-27-24(28(33)34-8-3)17(4)18(5)36-27/h9-15H,6-8,16H2,1-5H3,(H,29,31)(H,30,32). The summed E-state index contributed by atoms with van der Waals surface area (Å²) < 4.78 is 10.7. The Morgan fingerprint density at radius 2 is 1.53 bits per heavy atom. The highest BCUT2D eigenvalue weighted by Crippen LogP contribution is 2.33. The van der Waals surface area contributed by atoms with Crippen molar-refractivity contribution < 1.29 is 23.9 Å². The molecule has 0 saturated heterocycles. The van der Waals surface area contributed by atoms with Crippen LogP contribution in [-0.2, 0) is 22.4 Å². The van der Waals surface area contributed by atoms with Crippen molar-refractivity contribution in [2.24, 2.45) is 0 Å². The molecular weight excluding hydrogens is 476 g/mol. The van der Waals surface area contributed by atoms with Gasteiger partial charge in [-0.3, -0.25) is 9.59 Å². The zero-order valence-corrected chi connectivity index (χ0v) is 22.1. The molecule has 0 spiro atoms. The molecule has 0 fully saturated rings. The van der Waals surface area contributed by atoms with Crippen molar-refractivity contribution in [3.63, 3.8) is 0 Å². The first-order chi connectivity index (χ1) is 17.3. The quantitative estimate of drug-likeness (QED) is 0.331. The number of nitrogens with one attached hydrogen (secondary N) is 2. The third-order valence-electron chi connectivity index (χ3n) is 5.84. The number of hydrogen-bond donors (Lipinski definition) is 2. The van der Waals surface area contributed by atoms with Gasteiger partial charge in [0.15, 0.2) is 6.61 Å². The van der Waals surface area contributed by atoms with Crippen LogP contribution in [0.3, 0.4) is 0 Å². The molecule has 2 aromatic carbocycles. The van der Waals surface area contributed by atoms with Gasteiger partial charge in [-0.1, -0.05) is 32.0 Å². The average Bonchev–Trinajstić information content (AvgIpc) is 3.15. The second kappa shape index (κ2) is 12.4. The van der Waals surface area contributed by atoms with Crippen LogP contribution in [0.25, 0.3) is 0 Å². The Balaban J connectivity index is 1.62. The predicted octanol–water partition coefficient (Wildman–Crippen LogP) is 5.94. The smallest absolute Gasteiger partial charge is 0.341 e. The van der Waals surface area contributed by atoms with E-state index in [2.05, 4.69) is 24.5 Å². The molecule has 1 heterocycles. The van der Waals surface area contributed by atoms with Crippen LogP contribution in [0.4, 0.5) is 10.7 Å². The molecule has 36 heavy (non-hydrogen) atoms. The lowest BCUT2D eigenvalue weighted by Crippen LogP contribution is -2.21. The number of para-hydroxylation sites is 1. The summed E-state index contributed by atoms with van der Waals surface area (Å²) in [5.41, 5.74) is 4.70. The molecule has 190 valence electrons. The number of benzene rings is 2. The van der Waals surface area contributed by atoms with Gasteiger partial charge in [-0.2, -0.15) is 0 Å². The lowest BCUT2D eigenvalue weighted by molar-refractivity contribution is -0.118. The van der Waals surface area contributed by atoms with Gasteiger partial charge in [-0.15, -0.1) is 11.3 Å². The van der Waals surface area contributed by atoms with E-state index >= 15 is 0 Å². The van der Waals surface area contributed by atoms with E-state index < -0.39 is 11.9 Å². The van der Waals surface area contributed by atoms with Gasteiger partial charge in [0.05, 0.1) is 12.2 Å². The number of rotatable bonds is 10. The van der Waals surface area contributed by atoms with Gasteiger partial charge in [0.25, 0.3) is 11.8 Å². The number of esters is 1. The van der Waals surface area contributed by atoms with E-state index in [0.29, 0.717) is 21.9 Å². The van der Waals surface area contributed by atoms with E-state index in [1.165, 1.54) is 11.3 Å². The maximum Gasteiger partial charge on any atom is 0.341 e. The Bertz CT molecular complexity index is 1230. The molecule has 2 amide bonds. The minimum absolute atomic E-state index is 0.204. The summed E-state index contributed by atoms with van der Waals surface area (Å²) in [6, 6.07) is 12.7. The lowest BCUT2D eigenvalue weighted by Gasteiger charge is -2.14. The van der Waals surface area contributed by atoms with Crippen molar-refractivity contribution in [3.8, 4) is 5.75 Å². The molecule has 8 heteroatoms. The average molecular weight is 509 g/mol. The van der Waals surface area contributed by atoms with Crippen molar-refractivity contribution in [2.45, 2.75) is 47.5 Å². The van der Waals surface area contributed by atoms with Gasteiger partial charge >= 0.3 is 5.97 Å². The van der Waals surface area contributed by atoms with Crippen LogP contribution < -0.4 is 15.4 Å². The fraction of sp³-hybridized carbons (Fsp3) is 0.321.